The van der Waals surface area contributed by atoms with Crippen molar-refractivity contribution in [2.75, 3.05) is 0 Å². The molecule has 0 radical (unpaired) electrons. The molecule has 0 aliphatic heterocycles. The highest BCUT2D eigenvalue weighted by Crippen LogP contribution is 2.67. The van der Waals surface area contributed by atoms with Crippen LogP contribution in [-0.2, 0) is 5.41 Å². The van der Waals surface area contributed by atoms with Crippen molar-refractivity contribution in [2.45, 2.75) is 30.2 Å². The molecule has 1 aromatic carbocycles. The number of hydrogen-bond acceptors (Lipinski definition) is 3. The van der Waals surface area contributed by atoms with Gasteiger partial charge < -0.3 is 5.73 Å². The summed E-state index contributed by atoms with van der Waals surface area (Å²) in [6.45, 7) is 0. The van der Waals surface area contributed by atoms with Crippen LogP contribution in [0.5, 0.6) is 0 Å². The Morgan fingerprint density at radius 1 is 1.31 bits per heavy atom. The standard InChI is InChI=1S/C12H11ClN2S/c13-7-1-2-9-8(3-7)15-10(16-9)11-4-12(14,5-11)6-11/h1-3H,4-6,14H2. The second-order valence-corrected chi connectivity index (χ2v) is 6.77. The van der Waals surface area contributed by atoms with Crippen LogP contribution in [0.2, 0.25) is 5.02 Å². The summed E-state index contributed by atoms with van der Waals surface area (Å²) in [5.41, 5.74) is 7.59. The average Bonchev–Trinajstić information content (AvgIpc) is 2.53. The van der Waals surface area contributed by atoms with Crippen molar-refractivity contribution in [1.29, 1.82) is 0 Å². The minimum Gasteiger partial charge on any atom is -0.325 e. The van der Waals surface area contributed by atoms with Crippen LogP contribution in [0.25, 0.3) is 10.2 Å². The summed E-state index contributed by atoms with van der Waals surface area (Å²) >= 11 is 7.77. The van der Waals surface area contributed by atoms with Gasteiger partial charge in [0.05, 0.1) is 10.2 Å². The first-order valence-corrected chi connectivity index (χ1v) is 6.64. The molecule has 1 aromatic heterocycles. The van der Waals surface area contributed by atoms with E-state index in [-0.39, 0.29) is 5.54 Å². The largest absolute Gasteiger partial charge is 0.325 e. The van der Waals surface area contributed by atoms with E-state index in [2.05, 4.69) is 6.07 Å². The van der Waals surface area contributed by atoms with Gasteiger partial charge in [-0.05, 0) is 37.5 Å². The zero-order valence-corrected chi connectivity index (χ0v) is 10.2. The first-order valence-electron chi connectivity index (χ1n) is 5.44. The van der Waals surface area contributed by atoms with Crippen molar-refractivity contribution in [1.82, 2.24) is 4.98 Å². The molecule has 0 saturated heterocycles. The Kier molecular flexibility index (Phi) is 1.53. The van der Waals surface area contributed by atoms with Crippen LogP contribution in [0.1, 0.15) is 24.3 Å². The Bertz CT molecular complexity index is 584. The average molecular weight is 251 g/mol. The van der Waals surface area contributed by atoms with Gasteiger partial charge in [-0.2, -0.15) is 0 Å². The van der Waals surface area contributed by atoms with Crippen LogP contribution in [0.15, 0.2) is 18.2 Å². The molecule has 3 fully saturated rings. The quantitative estimate of drug-likeness (QED) is 0.845. The summed E-state index contributed by atoms with van der Waals surface area (Å²) in [4.78, 5) is 4.71. The van der Waals surface area contributed by atoms with Crippen LogP contribution in [0.4, 0.5) is 0 Å². The molecule has 2 N–H and O–H groups in total. The van der Waals surface area contributed by atoms with Gasteiger partial charge in [-0.25, -0.2) is 4.98 Å². The number of hydrogen-bond donors (Lipinski definition) is 1. The molecule has 0 amide bonds. The molecule has 3 saturated carbocycles. The third kappa shape index (κ3) is 1.04. The topological polar surface area (TPSA) is 38.9 Å². The van der Waals surface area contributed by atoms with Crippen molar-refractivity contribution in [3.63, 3.8) is 0 Å². The second-order valence-electron chi connectivity index (χ2n) is 5.30. The van der Waals surface area contributed by atoms with E-state index < -0.39 is 0 Å². The summed E-state index contributed by atoms with van der Waals surface area (Å²) < 4.78 is 1.23. The third-order valence-electron chi connectivity index (χ3n) is 3.87. The van der Waals surface area contributed by atoms with Gasteiger partial charge in [-0.1, -0.05) is 11.6 Å². The van der Waals surface area contributed by atoms with Crippen molar-refractivity contribution >= 4 is 33.2 Å². The van der Waals surface area contributed by atoms with E-state index in [0.29, 0.717) is 5.41 Å². The molecule has 4 heteroatoms. The highest BCUT2D eigenvalue weighted by atomic mass is 35.5. The molecule has 2 bridgehead atoms. The van der Waals surface area contributed by atoms with Crippen molar-refractivity contribution < 1.29 is 0 Å². The van der Waals surface area contributed by atoms with Crippen molar-refractivity contribution in [3.8, 4) is 0 Å². The number of thiazole rings is 1. The summed E-state index contributed by atoms with van der Waals surface area (Å²) in [6.07, 6.45) is 3.36. The fourth-order valence-electron chi connectivity index (χ4n) is 3.22. The number of nitrogens with zero attached hydrogens (tertiary/aromatic N) is 1. The number of nitrogens with two attached hydrogens (primary N) is 1. The molecule has 1 heterocycles. The molecule has 16 heavy (non-hydrogen) atoms. The van der Waals surface area contributed by atoms with Gasteiger partial charge in [-0.15, -0.1) is 11.3 Å². The highest BCUT2D eigenvalue weighted by Gasteiger charge is 2.67. The lowest BCUT2D eigenvalue weighted by Crippen LogP contribution is -2.74. The molecule has 82 valence electrons. The monoisotopic (exact) mass is 250 g/mol. The normalized spacial score (nSPS) is 35.9. The summed E-state index contributed by atoms with van der Waals surface area (Å²) in [5, 5.41) is 2.02. The molecule has 3 aliphatic carbocycles. The maximum Gasteiger partial charge on any atom is 0.100 e. The lowest BCUT2D eigenvalue weighted by Gasteiger charge is -2.68. The summed E-state index contributed by atoms with van der Waals surface area (Å²) in [6, 6.07) is 5.93. The van der Waals surface area contributed by atoms with Gasteiger partial charge in [0.2, 0.25) is 0 Å². The molecule has 2 nitrogen and oxygen atoms in total. The Labute approximate surface area is 102 Å². The highest BCUT2D eigenvalue weighted by molar-refractivity contribution is 7.18. The van der Waals surface area contributed by atoms with Crippen LogP contribution in [-0.4, -0.2) is 10.5 Å². The predicted octanol–water partition coefficient (Wildman–Crippen LogP) is 3.08. The smallest absolute Gasteiger partial charge is 0.100 e. The molecule has 0 unspecified atom stereocenters. The van der Waals surface area contributed by atoms with E-state index in [4.69, 9.17) is 22.3 Å². The van der Waals surface area contributed by atoms with Gasteiger partial charge in [0.25, 0.3) is 0 Å². The molecule has 3 aliphatic rings. The lowest BCUT2D eigenvalue weighted by molar-refractivity contribution is -0.0589. The summed E-state index contributed by atoms with van der Waals surface area (Å²) in [7, 11) is 0. The Hall–Kier alpha value is -0.640. The first kappa shape index (κ1) is 9.40. The molecular weight excluding hydrogens is 240 g/mol. The van der Waals surface area contributed by atoms with E-state index in [1.54, 1.807) is 11.3 Å². The zero-order valence-electron chi connectivity index (χ0n) is 8.66. The number of aromatic nitrogens is 1. The molecular formula is C12H11ClN2S. The van der Waals surface area contributed by atoms with Crippen molar-refractivity contribution in [3.05, 3.63) is 28.2 Å². The van der Waals surface area contributed by atoms with Crippen molar-refractivity contribution in [2.24, 2.45) is 5.73 Å². The van der Waals surface area contributed by atoms with Gasteiger partial charge in [0.15, 0.2) is 0 Å². The third-order valence-corrected chi connectivity index (χ3v) is 5.39. The maximum atomic E-state index is 6.08. The second kappa shape index (κ2) is 2.61. The Morgan fingerprint density at radius 2 is 2.06 bits per heavy atom. The van der Waals surface area contributed by atoms with Crippen LogP contribution in [0, 0.1) is 0 Å². The zero-order chi connectivity index (χ0) is 11.0. The fourth-order valence-corrected chi connectivity index (χ4v) is 4.52. The first-order chi connectivity index (χ1) is 7.59. The van der Waals surface area contributed by atoms with E-state index in [0.717, 1.165) is 29.8 Å². The maximum absolute atomic E-state index is 6.08. The van der Waals surface area contributed by atoms with Gasteiger partial charge in [0.1, 0.15) is 5.01 Å². The van der Waals surface area contributed by atoms with Gasteiger partial charge in [0, 0.05) is 16.0 Å². The molecule has 0 spiro atoms. The fraction of sp³-hybridized carbons (Fsp3) is 0.417. The van der Waals surface area contributed by atoms with Crippen LogP contribution in [0.3, 0.4) is 0 Å². The van der Waals surface area contributed by atoms with E-state index in [1.807, 2.05) is 12.1 Å². The number of benzene rings is 1. The van der Waals surface area contributed by atoms with E-state index in [1.165, 1.54) is 9.71 Å². The summed E-state index contributed by atoms with van der Waals surface area (Å²) in [5.74, 6) is 0. The van der Waals surface area contributed by atoms with Crippen LogP contribution < -0.4 is 5.73 Å². The SMILES string of the molecule is NC12CC(c3nc4cc(Cl)ccc4s3)(C1)C2. The number of halogens is 1. The minimum absolute atomic E-state index is 0.148. The molecule has 5 rings (SSSR count). The Morgan fingerprint density at radius 3 is 2.75 bits per heavy atom. The predicted molar refractivity (Wildman–Crippen MR) is 67.1 cm³/mol. The van der Waals surface area contributed by atoms with Gasteiger partial charge >= 0.3 is 0 Å². The van der Waals surface area contributed by atoms with Gasteiger partial charge in [-0.3, -0.25) is 0 Å². The molecule has 0 atom stereocenters. The Balaban J connectivity index is 1.82. The number of fused-ring (bicyclic) bond motifs is 1. The van der Waals surface area contributed by atoms with E-state index >= 15 is 0 Å². The van der Waals surface area contributed by atoms with E-state index in [9.17, 15) is 0 Å². The van der Waals surface area contributed by atoms with Crippen LogP contribution >= 0.6 is 22.9 Å². The number of rotatable bonds is 1. The lowest BCUT2D eigenvalue weighted by atomic mass is 9.40. The molecule has 2 aromatic rings. The minimum atomic E-state index is 0.148.